The van der Waals surface area contributed by atoms with Gasteiger partial charge in [-0.25, -0.2) is 15.0 Å². The number of fused-ring (bicyclic) bond motifs is 1. The fraction of sp³-hybridized carbons (Fsp3) is 0. The maximum absolute atomic E-state index is 7.87. The number of hydrogen-bond donors (Lipinski definition) is 1. The highest BCUT2D eigenvalue weighted by molar-refractivity contribution is 5.90. The van der Waals surface area contributed by atoms with E-state index in [0.29, 0.717) is 17.3 Å². The van der Waals surface area contributed by atoms with Crippen molar-refractivity contribution in [1.29, 1.82) is 5.41 Å². The van der Waals surface area contributed by atoms with E-state index < -0.39 is 0 Å². The maximum Gasteiger partial charge on any atom is 0.182 e. The number of hydrogen-bond acceptors (Lipinski definition) is 5. The van der Waals surface area contributed by atoms with E-state index in [-0.39, 0.29) is 5.82 Å². The largest absolute Gasteiger partial charge is 0.305 e. The summed E-state index contributed by atoms with van der Waals surface area (Å²) >= 11 is 0. The van der Waals surface area contributed by atoms with E-state index in [1.165, 1.54) is 21.9 Å². The standard InChI is InChI=1S/C43H29N5/c44-28-41-46-42(48-43(47-41)40-18-6-7-23-45-40)37-21-22-38(39(27-37)30-11-2-1-3-12-30)36-17-9-16-34(26-36)32-14-8-15-33(25-32)35-20-19-29-10-4-5-13-31(29)24-35/h1-28,44H. The molecular weight excluding hydrogens is 587 g/mol. The molecule has 0 aliphatic rings. The molecule has 0 fully saturated rings. The Morgan fingerprint density at radius 2 is 1.02 bits per heavy atom. The summed E-state index contributed by atoms with van der Waals surface area (Å²) < 4.78 is 0. The summed E-state index contributed by atoms with van der Waals surface area (Å²) in [5.41, 5.74) is 10.5. The Labute approximate surface area is 278 Å². The van der Waals surface area contributed by atoms with Gasteiger partial charge in [-0.1, -0.05) is 121 Å². The first-order valence-electron chi connectivity index (χ1n) is 15.8. The van der Waals surface area contributed by atoms with Gasteiger partial charge in [-0.2, -0.15) is 0 Å². The lowest BCUT2D eigenvalue weighted by atomic mass is 9.90. The van der Waals surface area contributed by atoms with E-state index in [0.717, 1.165) is 45.2 Å². The number of benzene rings is 6. The summed E-state index contributed by atoms with van der Waals surface area (Å²) in [6.07, 6.45) is 2.85. The number of rotatable bonds is 7. The van der Waals surface area contributed by atoms with E-state index in [1.54, 1.807) is 6.20 Å². The molecule has 0 aliphatic carbocycles. The Hall–Kier alpha value is -6.59. The minimum absolute atomic E-state index is 0.282. The lowest BCUT2D eigenvalue weighted by Gasteiger charge is -2.14. The molecule has 8 aromatic rings. The molecule has 48 heavy (non-hydrogen) atoms. The van der Waals surface area contributed by atoms with Crippen molar-refractivity contribution in [2.45, 2.75) is 0 Å². The van der Waals surface area contributed by atoms with Gasteiger partial charge in [0.05, 0.1) is 6.21 Å². The van der Waals surface area contributed by atoms with Crippen molar-refractivity contribution in [3.8, 4) is 67.4 Å². The van der Waals surface area contributed by atoms with Gasteiger partial charge in [-0.3, -0.25) is 4.98 Å². The highest BCUT2D eigenvalue weighted by Gasteiger charge is 2.15. The van der Waals surface area contributed by atoms with Gasteiger partial charge in [0.15, 0.2) is 17.5 Å². The van der Waals surface area contributed by atoms with Gasteiger partial charge in [0, 0.05) is 11.8 Å². The Morgan fingerprint density at radius 1 is 0.396 bits per heavy atom. The third-order valence-corrected chi connectivity index (χ3v) is 8.49. The molecule has 2 heterocycles. The normalized spacial score (nSPS) is 11.0. The molecule has 0 saturated carbocycles. The quantitative estimate of drug-likeness (QED) is 0.181. The van der Waals surface area contributed by atoms with Crippen molar-refractivity contribution >= 4 is 17.0 Å². The van der Waals surface area contributed by atoms with Crippen molar-refractivity contribution in [1.82, 2.24) is 19.9 Å². The summed E-state index contributed by atoms with van der Waals surface area (Å²) in [4.78, 5) is 18.2. The summed E-state index contributed by atoms with van der Waals surface area (Å²) in [6, 6.07) is 54.9. The summed E-state index contributed by atoms with van der Waals surface area (Å²) in [6.45, 7) is 0. The van der Waals surface area contributed by atoms with Crippen molar-refractivity contribution < 1.29 is 0 Å². The first-order chi connectivity index (χ1) is 23.7. The van der Waals surface area contributed by atoms with E-state index in [2.05, 4.69) is 142 Å². The lowest BCUT2D eigenvalue weighted by Crippen LogP contribution is -2.03. The highest BCUT2D eigenvalue weighted by atomic mass is 15.0. The van der Waals surface area contributed by atoms with Crippen LogP contribution in [0.2, 0.25) is 0 Å². The number of nitrogens with one attached hydrogen (secondary N) is 1. The molecule has 0 atom stereocenters. The van der Waals surface area contributed by atoms with Gasteiger partial charge >= 0.3 is 0 Å². The summed E-state index contributed by atoms with van der Waals surface area (Å²) in [7, 11) is 0. The van der Waals surface area contributed by atoms with E-state index in [9.17, 15) is 0 Å². The van der Waals surface area contributed by atoms with Crippen LogP contribution in [0.4, 0.5) is 0 Å². The molecule has 5 heteroatoms. The Kier molecular flexibility index (Phi) is 7.61. The van der Waals surface area contributed by atoms with Crippen LogP contribution < -0.4 is 0 Å². The average molecular weight is 616 g/mol. The average Bonchev–Trinajstić information content (AvgIpc) is 3.18. The van der Waals surface area contributed by atoms with Crippen molar-refractivity contribution in [2.24, 2.45) is 0 Å². The molecule has 0 spiro atoms. The molecular formula is C43H29N5. The molecule has 0 saturated heterocycles. The molecule has 6 aromatic carbocycles. The molecule has 0 bridgehead atoms. The predicted octanol–water partition coefficient (Wildman–Crippen LogP) is 10.4. The minimum Gasteiger partial charge on any atom is -0.305 e. The van der Waals surface area contributed by atoms with Crippen LogP contribution in [0.25, 0.3) is 78.2 Å². The van der Waals surface area contributed by atoms with Gasteiger partial charge < -0.3 is 5.41 Å². The number of aromatic nitrogens is 4. The predicted molar refractivity (Wildman–Crippen MR) is 196 cm³/mol. The van der Waals surface area contributed by atoms with E-state index >= 15 is 0 Å². The molecule has 5 nitrogen and oxygen atoms in total. The fourth-order valence-corrected chi connectivity index (χ4v) is 6.10. The van der Waals surface area contributed by atoms with Crippen LogP contribution in [-0.2, 0) is 0 Å². The van der Waals surface area contributed by atoms with Gasteiger partial charge in [0.2, 0.25) is 0 Å². The third kappa shape index (κ3) is 5.77. The second kappa shape index (κ2) is 12.7. The zero-order valence-electron chi connectivity index (χ0n) is 26.0. The zero-order valence-corrected chi connectivity index (χ0v) is 26.0. The summed E-state index contributed by atoms with van der Waals surface area (Å²) in [5.74, 6) is 1.21. The zero-order chi connectivity index (χ0) is 32.3. The first-order valence-corrected chi connectivity index (χ1v) is 15.8. The number of nitrogens with zero attached hydrogens (tertiary/aromatic N) is 4. The van der Waals surface area contributed by atoms with Crippen LogP contribution in [0.15, 0.2) is 164 Å². The summed E-state index contributed by atoms with van der Waals surface area (Å²) in [5, 5.41) is 10.3. The van der Waals surface area contributed by atoms with Gasteiger partial charge in [-0.05, 0) is 91.7 Å². The maximum atomic E-state index is 7.87. The SMILES string of the molecule is N=Cc1nc(-c2ccc(-c3cccc(-c4cccc(-c5ccc6ccccc6c5)c4)c3)c(-c3ccccc3)c2)nc(-c2ccccn2)n1. The van der Waals surface area contributed by atoms with Gasteiger partial charge in [0.1, 0.15) is 5.69 Å². The van der Waals surface area contributed by atoms with Crippen LogP contribution in [0.1, 0.15) is 5.82 Å². The third-order valence-electron chi connectivity index (χ3n) is 8.49. The smallest absolute Gasteiger partial charge is 0.182 e. The molecule has 0 radical (unpaired) electrons. The first kappa shape index (κ1) is 28.9. The molecule has 226 valence electrons. The minimum atomic E-state index is 0.282. The van der Waals surface area contributed by atoms with Crippen molar-refractivity contribution in [3.05, 3.63) is 170 Å². The topological polar surface area (TPSA) is 75.4 Å². The highest BCUT2D eigenvalue weighted by Crippen LogP contribution is 2.37. The molecule has 2 aromatic heterocycles. The van der Waals surface area contributed by atoms with Gasteiger partial charge in [0.25, 0.3) is 0 Å². The second-order valence-corrected chi connectivity index (χ2v) is 11.6. The lowest BCUT2D eigenvalue weighted by molar-refractivity contribution is 1.03. The molecule has 0 amide bonds. The van der Waals surface area contributed by atoms with Crippen LogP contribution in [0.5, 0.6) is 0 Å². The van der Waals surface area contributed by atoms with Crippen LogP contribution in [0, 0.1) is 5.41 Å². The van der Waals surface area contributed by atoms with Crippen LogP contribution >= 0.6 is 0 Å². The molecule has 8 rings (SSSR count). The van der Waals surface area contributed by atoms with E-state index in [1.807, 2.05) is 30.3 Å². The molecule has 0 aliphatic heterocycles. The fourth-order valence-electron chi connectivity index (χ4n) is 6.10. The molecule has 0 unspecified atom stereocenters. The molecule has 1 N–H and O–H groups in total. The van der Waals surface area contributed by atoms with Crippen molar-refractivity contribution in [3.63, 3.8) is 0 Å². The Morgan fingerprint density at radius 3 is 1.77 bits per heavy atom. The van der Waals surface area contributed by atoms with Crippen LogP contribution in [-0.4, -0.2) is 26.2 Å². The monoisotopic (exact) mass is 615 g/mol. The van der Waals surface area contributed by atoms with Crippen LogP contribution in [0.3, 0.4) is 0 Å². The Balaban J connectivity index is 1.21. The van der Waals surface area contributed by atoms with E-state index in [4.69, 9.17) is 10.4 Å². The van der Waals surface area contributed by atoms with Crippen molar-refractivity contribution in [2.75, 3.05) is 0 Å². The Bertz CT molecular complexity index is 2420. The van der Waals surface area contributed by atoms with Gasteiger partial charge in [-0.15, -0.1) is 0 Å². The second-order valence-electron chi connectivity index (χ2n) is 11.6. The number of pyridine rings is 1.